The SMILES string of the molecule is COC(=O)[C@@H]1OC(C)(C)O[C@H]1[C@H]1OC(C)(C)O[C@@H]1C#N. The summed E-state index contributed by atoms with van der Waals surface area (Å²) in [5.41, 5.74) is 0. The van der Waals surface area contributed by atoms with Gasteiger partial charge in [-0.3, -0.25) is 0 Å². The highest BCUT2D eigenvalue weighted by Crippen LogP contribution is 2.38. The number of hydrogen-bond donors (Lipinski definition) is 0. The number of rotatable bonds is 2. The molecule has 0 saturated carbocycles. The summed E-state index contributed by atoms with van der Waals surface area (Å²) in [6, 6.07) is 2.02. The van der Waals surface area contributed by atoms with Gasteiger partial charge in [0.2, 0.25) is 0 Å². The highest BCUT2D eigenvalue weighted by Gasteiger charge is 2.56. The molecule has 0 aliphatic carbocycles. The molecule has 0 radical (unpaired) electrons. The lowest BCUT2D eigenvalue weighted by Gasteiger charge is -2.23. The molecule has 0 aromatic rings. The van der Waals surface area contributed by atoms with Crippen LogP contribution in [0.4, 0.5) is 0 Å². The molecule has 2 aliphatic heterocycles. The fraction of sp³-hybridized carbons (Fsp3) is 0.846. The summed E-state index contributed by atoms with van der Waals surface area (Å²) < 4.78 is 27.2. The topological polar surface area (TPSA) is 87.0 Å². The van der Waals surface area contributed by atoms with E-state index in [1.165, 1.54) is 7.11 Å². The van der Waals surface area contributed by atoms with E-state index >= 15 is 0 Å². The Balaban J connectivity index is 2.25. The number of carbonyl (C=O) groups excluding carboxylic acids is 1. The molecule has 2 rings (SSSR count). The van der Waals surface area contributed by atoms with Crippen LogP contribution in [0.25, 0.3) is 0 Å². The van der Waals surface area contributed by atoms with Gasteiger partial charge in [0.15, 0.2) is 23.8 Å². The Kier molecular flexibility index (Phi) is 3.77. The smallest absolute Gasteiger partial charge is 0.337 e. The van der Waals surface area contributed by atoms with Crippen molar-refractivity contribution in [3.63, 3.8) is 0 Å². The number of nitriles is 1. The molecule has 2 aliphatic rings. The maximum absolute atomic E-state index is 11.8. The molecule has 4 atom stereocenters. The molecule has 0 amide bonds. The standard InChI is InChI=1S/C13H19NO6/c1-12(2)17-7(6-14)8(18-12)9-10(11(15)16-5)20-13(3,4)19-9/h7-10H,1-5H3/t7-,8+,9+,10-/m1/s1. The van der Waals surface area contributed by atoms with Gasteiger partial charge in [-0.25, -0.2) is 4.79 Å². The summed E-state index contributed by atoms with van der Waals surface area (Å²) >= 11 is 0. The Bertz CT molecular complexity index is 441. The van der Waals surface area contributed by atoms with Crippen molar-refractivity contribution >= 4 is 5.97 Å². The van der Waals surface area contributed by atoms with Crippen LogP contribution >= 0.6 is 0 Å². The van der Waals surface area contributed by atoms with Gasteiger partial charge >= 0.3 is 5.97 Å². The van der Waals surface area contributed by atoms with Crippen LogP contribution in [0.5, 0.6) is 0 Å². The third kappa shape index (κ3) is 2.79. The van der Waals surface area contributed by atoms with Crippen molar-refractivity contribution in [3.05, 3.63) is 0 Å². The van der Waals surface area contributed by atoms with Crippen LogP contribution in [-0.4, -0.2) is 49.1 Å². The van der Waals surface area contributed by atoms with Crippen LogP contribution in [-0.2, 0) is 28.5 Å². The molecule has 0 unspecified atom stereocenters. The Morgan fingerprint density at radius 1 is 1.05 bits per heavy atom. The lowest BCUT2D eigenvalue weighted by molar-refractivity contribution is -0.176. The summed E-state index contributed by atoms with van der Waals surface area (Å²) in [4.78, 5) is 11.8. The highest BCUT2D eigenvalue weighted by atomic mass is 16.8. The van der Waals surface area contributed by atoms with Crippen molar-refractivity contribution in [2.24, 2.45) is 0 Å². The first-order chi connectivity index (χ1) is 9.19. The molecule has 112 valence electrons. The summed E-state index contributed by atoms with van der Waals surface area (Å²) in [7, 11) is 1.27. The largest absolute Gasteiger partial charge is 0.467 e. The monoisotopic (exact) mass is 285 g/mol. The van der Waals surface area contributed by atoms with E-state index in [1.807, 2.05) is 6.07 Å². The average Bonchev–Trinajstić information content (AvgIpc) is 2.84. The van der Waals surface area contributed by atoms with Crippen molar-refractivity contribution in [2.45, 2.75) is 63.7 Å². The summed E-state index contributed by atoms with van der Waals surface area (Å²) in [5.74, 6) is -2.44. The van der Waals surface area contributed by atoms with E-state index in [-0.39, 0.29) is 0 Å². The molecule has 2 saturated heterocycles. The quantitative estimate of drug-likeness (QED) is 0.691. The summed E-state index contributed by atoms with van der Waals surface area (Å²) in [6.45, 7) is 6.77. The fourth-order valence-corrected chi connectivity index (χ4v) is 2.46. The van der Waals surface area contributed by atoms with E-state index in [2.05, 4.69) is 0 Å². The minimum absolute atomic E-state index is 0.564. The van der Waals surface area contributed by atoms with E-state index < -0.39 is 42.0 Å². The van der Waals surface area contributed by atoms with Crippen molar-refractivity contribution in [1.82, 2.24) is 0 Å². The molecule has 0 N–H and O–H groups in total. The molecule has 0 bridgehead atoms. The van der Waals surface area contributed by atoms with E-state index in [9.17, 15) is 10.1 Å². The Hall–Kier alpha value is -1.20. The van der Waals surface area contributed by atoms with Crippen molar-refractivity contribution in [1.29, 1.82) is 5.26 Å². The van der Waals surface area contributed by atoms with Gasteiger partial charge in [0, 0.05) is 0 Å². The number of ether oxygens (including phenoxy) is 5. The zero-order valence-corrected chi connectivity index (χ0v) is 12.2. The molecular formula is C13H19NO6. The van der Waals surface area contributed by atoms with Gasteiger partial charge in [-0.15, -0.1) is 0 Å². The predicted octanol–water partition coefficient (Wildman–Crippen LogP) is 0.723. The van der Waals surface area contributed by atoms with Gasteiger partial charge < -0.3 is 23.7 Å². The number of esters is 1. The first kappa shape index (κ1) is 15.2. The third-order valence-corrected chi connectivity index (χ3v) is 3.14. The third-order valence-electron chi connectivity index (χ3n) is 3.14. The van der Waals surface area contributed by atoms with Crippen LogP contribution in [0.15, 0.2) is 0 Å². The summed E-state index contributed by atoms with van der Waals surface area (Å²) in [5, 5.41) is 9.17. The average molecular weight is 285 g/mol. The van der Waals surface area contributed by atoms with Crippen LogP contribution in [0.2, 0.25) is 0 Å². The number of hydrogen-bond acceptors (Lipinski definition) is 7. The Morgan fingerprint density at radius 2 is 1.60 bits per heavy atom. The molecule has 0 aromatic heterocycles. The molecule has 2 fully saturated rings. The molecular weight excluding hydrogens is 266 g/mol. The fourth-order valence-electron chi connectivity index (χ4n) is 2.46. The number of carbonyl (C=O) groups is 1. The second kappa shape index (κ2) is 4.97. The van der Waals surface area contributed by atoms with E-state index in [1.54, 1.807) is 27.7 Å². The van der Waals surface area contributed by atoms with Crippen LogP contribution < -0.4 is 0 Å². The van der Waals surface area contributed by atoms with Crippen molar-refractivity contribution in [3.8, 4) is 6.07 Å². The molecule has 20 heavy (non-hydrogen) atoms. The van der Waals surface area contributed by atoms with Crippen LogP contribution in [0.3, 0.4) is 0 Å². The van der Waals surface area contributed by atoms with Gasteiger partial charge in [-0.05, 0) is 27.7 Å². The van der Waals surface area contributed by atoms with Crippen LogP contribution in [0, 0.1) is 11.3 Å². The van der Waals surface area contributed by atoms with Gasteiger partial charge in [0.1, 0.15) is 12.2 Å². The molecule has 0 spiro atoms. The lowest BCUT2D eigenvalue weighted by atomic mass is 10.0. The molecule has 7 nitrogen and oxygen atoms in total. The van der Waals surface area contributed by atoms with Crippen LogP contribution in [0.1, 0.15) is 27.7 Å². The minimum Gasteiger partial charge on any atom is -0.467 e. The van der Waals surface area contributed by atoms with Crippen molar-refractivity contribution < 1.29 is 28.5 Å². The maximum Gasteiger partial charge on any atom is 0.337 e. The molecule has 7 heteroatoms. The highest BCUT2D eigenvalue weighted by molar-refractivity contribution is 5.75. The van der Waals surface area contributed by atoms with Gasteiger partial charge in [0.25, 0.3) is 0 Å². The molecule has 0 aromatic carbocycles. The zero-order valence-electron chi connectivity index (χ0n) is 12.2. The first-order valence-electron chi connectivity index (χ1n) is 6.38. The number of methoxy groups -OCH3 is 1. The zero-order chi connectivity index (χ0) is 15.1. The Morgan fingerprint density at radius 3 is 2.15 bits per heavy atom. The number of nitrogens with zero attached hydrogens (tertiary/aromatic N) is 1. The summed E-state index contributed by atoms with van der Waals surface area (Å²) in [6.07, 6.45) is -3.27. The maximum atomic E-state index is 11.8. The lowest BCUT2D eigenvalue weighted by Crippen LogP contribution is -2.45. The van der Waals surface area contributed by atoms with E-state index in [4.69, 9.17) is 23.7 Å². The van der Waals surface area contributed by atoms with E-state index in [0.29, 0.717) is 0 Å². The van der Waals surface area contributed by atoms with E-state index in [0.717, 1.165) is 0 Å². The first-order valence-corrected chi connectivity index (χ1v) is 6.38. The molecule has 2 heterocycles. The van der Waals surface area contributed by atoms with Crippen molar-refractivity contribution in [2.75, 3.05) is 7.11 Å². The normalized spacial score (nSPS) is 38.4. The van der Waals surface area contributed by atoms with Gasteiger partial charge in [0.05, 0.1) is 13.2 Å². The van der Waals surface area contributed by atoms with Gasteiger partial charge in [-0.1, -0.05) is 0 Å². The minimum atomic E-state index is -0.959. The Labute approximate surface area is 117 Å². The second-order valence-electron chi connectivity index (χ2n) is 5.69. The second-order valence-corrected chi connectivity index (χ2v) is 5.69. The van der Waals surface area contributed by atoms with Gasteiger partial charge in [-0.2, -0.15) is 5.26 Å². The predicted molar refractivity (Wildman–Crippen MR) is 65.3 cm³/mol.